The van der Waals surface area contributed by atoms with Crippen LogP contribution in [-0.4, -0.2) is 0 Å². The number of rotatable bonds is 5. The number of fused-ring (bicyclic) bond motifs is 7. The van der Waals surface area contributed by atoms with Crippen molar-refractivity contribution in [1.82, 2.24) is 0 Å². The zero-order valence-corrected chi connectivity index (χ0v) is 25.2. The molecule has 0 aliphatic heterocycles. The van der Waals surface area contributed by atoms with Crippen LogP contribution >= 0.6 is 0 Å². The summed E-state index contributed by atoms with van der Waals surface area (Å²) in [6.07, 6.45) is 11.5. The molecular formula is C41H43N. The lowest BCUT2D eigenvalue weighted by Gasteiger charge is -2.29. The fourth-order valence-electron chi connectivity index (χ4n) is 10.3. The van der Waals surface area contributed by atoms with Gasteiger partial charge in [0.15, 0.2) is 0 Å². The maximum absolute atomic E-state index is 2.51. The molecule has 4 fully saturated rings. The van der Waals surface area contributed by atoms with Crippen LogP contribution in [0.25, 0.3) is 11.1 Å². The van der Waals surface area contributed by atoms with Gasteiger partial charge in [0.2, 0.25) is 0 Å². The van der Waals surface area contributed by atoms with Crippen LogP contribution in [0.4, 0.5) is 17.1 Å². The van der Waals surface area contributed by atoms with Crippen LogP contribution in [0.5, 0.6) is 0 Å². The Morgan fingerprint density at radius 2 is 1.05 bits per heavy atom. The maximum Gasteiger partial charge on any atom is 0.0465 e. The van der Waals surface area contributed by atoms with Gasteiger partial charge < -0.3 is 4.90 Å². The van der Waals surface area contributed by atoms with Crippen molar-refractivity contribution in [2.75, 3.05) is 4.90 Å². The molecule has 0 spiro atoms. The number of hydrogen-bond donors (Lipinski definition) is 0. The molecule has 4 aromatic carbocycles. The van der Waals surface area contributed by atoms with Gasteiger partial charge in [-0.2, -0.15) is 0 Å². The zero-order chi connectivity index (χ0) is 28.0. The molecule has 42 heavy (non-hydrogen) atoms. The van der Waals surface area contributed by atoms with E-state index >= 15 is 0 Å². The smallest absolute Gasteiger partial charge is 0.0465 e. The van der Waals surface area contributed by atoms with Gasteiger partial charge >= 0.3 is 0 Å². The highest BCUT2D eigenvalue weighted by Gasteiger charge is 2.41. The van der Waals surface area contributed by atoms with Crippen LogP contribution in [0.1, 0.15) is 99.3 Å². The number of anilines is 3. The Bertz CT molecular complexity index is 1570. The normalized spacial score (nSPS) is 29.6. The van der Waals surface area contributed by atoms with Crippen LogP contribution in [0, 0.1) is 23.7 Å². The summed E-state index contributed by atoms with van der Waals surface area (Å²) in [4.78, 5) is 2.51. The van der Waals surface area contributed by atoms with E-state index in [4.69, 9.17) is 0 Å². The molecule has 6 unspecified atom stereocenters. The Morgan fingerprint density at radius 1 is 0.524 bits per heavy atom. The molecule has 5 aliphatic rings. The molecule has 0 N–H and O–H groups in total. The van der Waals surface area contributed by atoms with Crippen molar-refractivity contribution in [1.29, 1.82) is 0 Å². The SMILES string of the molecule is CC1(C)c2ccccc2-c2ccc(N(c3ccc(C4CC5CCC4C5)cc3)c3ccc(C4CC5CCC4C5)cc3)cc21. The lowest BCUT2D eigenvalue weighted by molar-refractivity contribution is 0.420. The van der Waals surface area contributed by atoms with Crippen molar-refractivity contribution in [3.8, 4) is 11.1 Å². The zero-order valence-electron chi connectivity index (χ0n) is 25.2. The van der Waals surface area contributed by atoms with E-state index in [1.165, 1.54) is 90.7 Å². The molecule has 0 heterocycles. The van der Waals surface area contributed by atoms with E-state index in [1.54, 1.807) is 11.1 Å². The first kappa shape index (κ1) is 25.2. The van der Waals surface area contributed by atoms with Gasteiger partial charge in [0.05, 0.1) is 0 Å². The molecule has 1 heteroatoms. The molecule has 4 bridgehead atoms. The van der Waals surface area contributed by atoms with Crippen LogP contribution in [0.2, 0.25) is 0 Å². The summed E-state index contributed by atoms with van der Waals surface area (Å²) in [6, 6.07) is 35.6. The van der Waals surface area contributed by atoms with E-state index < -0.39 is 0 Å². The van der Waals surface area contributed by atoms with Gasteiger partial charge in [0, 0.05) is 22.5 Å². The third-order valence-corrected chi connectivity index (χ3v) is 12.5. The Kier molecular flexibility index (Phi) is 5.60. The second-order valence-electron chi connectivity index (χ2n) is 15.0. The van der Waals surface area contributed by atoms with Crippen molar-refractivity contribution >= 4 is 17.1 Å². The summed E-state index contributed by atoms with van der Waals surface area (Å²) in [5.41, 5.74) is 12.5. The highest BCUT2D eigenvalue weighted by atomic mass is 15.1. The Labute approximate surface area is 252 Å². The number of benzene rings is 4. The standard InChI is InChI=1S/C41H43N/c1-41(2)39-6-4-3-5-35(39)36-20-19-34(25-40(36)41)42(32-15-11-28(12-16-32)37-23-26-7-9-30(37)21-26)33-17-13-29(14-18-33)38-24-27-8-10-31(38)22-27/h3-6,11-20,25-27,30-31,37-38H,7-10,21-24H2,1-2H3. The summed E-state index contributed by atoms with van der Waals surface area (Å²) < 4.78 is 0. The number of nitrogens with zero attached hydrogens (tertiary/aromatic N) is 1. The van der Waals surface area contributed by atoms with E-state index in [0.717, 1.165) is 35.5 Å². The molecule has 9 rings (SSSR count). The summed E-state index contributed by atoms with van der Waals surface area (Å²) in [6.45, 7) is 4.78. The Hall–Kier alpha value is -3.32. The summed E-state index contributed by atoms with van der Waals surface area (Å²) >= 11 is 0. The topological polar surface area (TPSA) is 3.24 Å². The molecule has 0 aromatic heterocycles. The quantitative estimate of drug-likeness (QED) is 0.239. The van der Waals surface area contributed by atoms with E-state index in [0.29, 0.717) is 0 Å². The summed E-state index contributed by atoms with van der Waals surface area (Å²) in [7, 11) is 0. The molecule has 0 saturated heterocycles. The van der Waals surface area contributed by atoms with Crippen molar-refractivity contribution in [2.24, 2.45) is 23.7 Å². The highest BCUT2D eigenvalue weighted by Crippen LogP contribution is 2.55. The van der Waals surface area contributed by atoms with Crippen molar-refractivity contribution in [3.05, 3.63) is 113 Å². The fourth-order valence-corrected chi connectivity index (χ4v) is 10.3. The van der Waals surface area contributed by atoms with Gasteiger partial charge in [-0.25, -0.2) is 0 Å². The van der Waals surface area contributed by atoms with Crippen LogP contribution in [-0.2, 0) is 5.41 Å². The second-order valence-corrected chi connectivity index (χ2v) is 15.0. The molecule has 0 radical (unpaired) electrons. The third-order valence-electron chi connectivity index (χ3n) is 12.5. The lowest BCUT2D eigenvalue weighted by atomic mass is 9.82. The molecule has 6 atom stereocenters. The number of hydrogen-bond acceptors (Lipinski definition) is 1. The summed E-state index contributed by atoms with van der Waals surface area (Å²) in [5.74, 6) is 5.32. The molecule has 4 aromatic rings. The fraction of sp³-hybridized carbons (Fsp3) is 0.415. The second kappa shape index (κ2) is 9.34. The Morgan fingerprint density at radius 3 is 1.57 bits per heavy atom. The van der Waals surface area contributed by atoms with Crippen LogP contribution < -0.4 is 4.90 Å². The minimum atomic E-state index is -0.00903. The first-order valence-corrected chi connectivity index (χ1v) is 16.8. The summed E-state index contributed by atoms with van der Waals surface area (Å²) in [5, 5.41) is 0. The predicted octanol–water partition coefficient (Wildman–Crippen LogP) is 11.3. The average Bonchev–Trinajstić information content (AvgIpc) is 3.87. The van der Waals surface area contributed by atoms with Gasteiger partial charge in [0.25, 0.3) is 0 Å². The first-order valence-electron chi connectivity index (χ1n) is 16.8. The highest BCUT2D eigenvalue weighted by molar-refractivity contribution is 5.85. The van der Waals surface area contributed by atoms with Gasteiger partial charge in [-0.15, -0.1) is 0 Å². The van der Waals surface area contributed by atoms with Gasteiger partial charge in [-0.1, -0.05) is 81.3 Å². The first-order chi connectivity index (χ1) is 20.5. The van der Waals surface area contributed by atoms with Crippen LogP contribution in [0.3, 0.4) is 0 Å². The van der Waals surface area contributed by atoms with Gasteiger partial charge in [-0.05, 0) is 144 Å². The molecule has 212 valence electrons. The van der Waals surface area contributed by atoms with Crippen molar-refractivity contribution in [3.63, 3.8) is 0 Å². The molecule has 5 aliphatic carbocycles. The average molecular weight is 550 g/mol. The molecule has 0 amide bonds. The van der Waals surface area contributed by atoms with E-state index in [9.17, 15) is 0 Å². The molecule has 4 saturated carbocycles. The van der Waals surface area contributed by atoms with Crippen LogP contribution in [0.15, 0.2) is 91.0 Å². The predicted molar refractivity (Wildman–Crippen MR) is 175 cm³/mol. The minimum Gasteiger partial charge on any atom is -0.310 e. The van der Waals surface area contributed by atoms with Gasteiger partial charge in [0.1, 0.15) is 0 Å². The molecule has 1 nitrogen and oxygen atoms in total. The monoisotopic (exact) mass is 549 g/mol. The minimum absolute atomic E-state index is 0.00903. The largest absolute Gasteiger partial charge is 0.310 e. The third kappa shape index (κ3) is 3.81. The van der Waals surface area contributed by atoms with E-state index in [-0.39, 0.29) is 5.41 Å². The van der Waals surface area contributed by atoms with E-state index in [2.05, 4.69) is 110 Å². The van der Waals surface area contributed by atoms with E-state index in [1.807, 2.05) is 0 Å². The lowest BCUT2D eigenvalue weighted by Crippen LogP contribution is -2.16. The Balaban J connectivity index is 1.11. The van der Waals surface area contributed by atoms with Crippen molar-refractivity contribution in [2.45, 2.75) is 82.5 Å². The molecular weight excluding hydrogens is 506 g/mol. The maximum atomic E-state index is 2.51. The van der Waals surface area contributed by atoms with Crippen molar-refractivity contribution < 1.29 is 0 Å². The van der Waals surface area contributed by atoms with Gasteiger partial charge in [-0.3, -0.25) is 0 Å².